The second kappa shape index (κ2) is 6.17. The molecule has 0 saturated carbocycles. The zero-order chi connectivity index (χ0) is 11.3. The van der Waals surface area contributed by atoms with E-state index in [1.807, 2.05) is 0 Å². The molecule has 1 rings (SSSR count). The number of hydrogen-bond donors (Lipinski definition) is 2. The first-order chi connectivity index (χ1) is 7.15. The van der Waals surface area contributed by atoms with Crippen LogP contribution in [0.5, 0.6) is 0 Å². The molecular weight excluding hydrogens is 200 g/mol. The molecule has 0 spiro atoms. The SMILES string of the molecule is COCC(=O)CC1CC(O)CC(CO)O1. The van der Waals surface area contributed by atoms with Crippen molar-refractivity contribution in [2.45, 2.75) is 37.6 Å². The Hall–Kier alpha value is -0.490. The zero-order valence-corrected chi connectivity index (χ0v) is 8.89. The van der Waals surface area contributed by atoms with Crippen LogP contribution in [0, 0.1) is 0 Å². The summed E-state index contributed by atoms with van der Waals surface area (Å²) in [5.74, 6) is -0.0479. The number of hydrogen-bond acceptors (Lipinski definition) is 5. The number of rotatable bonds is 5. The molecule has 1 aliphatic heterocycles. The number of aliphatic hydroxyl groups excluding tert-OH is 2. The summed E-state index contributed by atoms with van der Waals surface area (Å²) >= 11 is 0. The molecule has 1 saturated heterocycles. The van der Waals surface area contributed by atoms with E-state index in [1.165, 1.54) is 7.11 Å². The summed E-state index contributed by atoms with van der Waals surface area (Å²) < 4.78 is 10.1. The van der Waals surface area contributed by atoms with Gasteiger partial charge in [0.2, 0.25) is 0 Å². The first-order valence-corrected chi connectivity index (χ1v) is 5.10. The van der Waals surface area contributed by atoms with Gasteiger partial charge in [-0.2, -0.15) is 0 Å². The van der Waals surface area contributed by atoms with Crippen molar-refractivity contribution in [1.82, 2.24) is 0 Å². The Kier molecular flexibility index (Phi) is 5.17. The van der Waals surface area contributed by atoms with Gasteiger partial charge in [0.05, 0.1) is 24.9 Å². The van der Waals surface area contributed by atoms with E-state index in [1.54, 1.807) is 0 Å². The van der Waals surface area contributed by atoms with Crippen molar-refractivity contribution >= 4 is 5.78 Å². The van der Waals surface area contributed by atoms with Crippen molar-refractivity contribution in [3.63, 3.8) is 0 Å². The van der Waals surface area contributed by atoms with Gasteiger partial charge in [-0.1, -0.05) is 0 Å². The largest absolute Gasteiger partial charge is 0.394 e. The van der Waals surface area contributed by atoms with Crippen molar-refractivity contribution in [2.75, 3.05) is 20.3 Å². The van der Waals surface area contributed by atoms with Gasteiger partial charge in [-0.15, -0.1) is 0 Å². The van der Waals surface area contributed by atoms with Crippen LogP contribution in [0.4, 0.5) is 0 Å². The quantitative estimate of drug-likeness (QED) is 0.650. The summed E-state index contributed by atoms with van der Waals surface area (Å²) in [7, 11) is 1.46. The van der Waals surface area contributed by atoms with E-state index in [2.05, 4.69) is 0 Å². The second-order valence-corrected chi connectivity index (χ2v) is 3.86. The summed E-state index contributed by atoms with van der Waals surface area (Å²) in [6.45, 7) is -0.0498. The average Bonchev–Trinajstić information content (AvgIpc) is 2.17. The van der Waals surface area contributed by atoms with Crippen LogP contribution in [0.25, 0.3) is 0 Å². The maximum Gasteiger partial charge on any atom is 0.161 e. The molecule has 1 fully saturated rings. The van der Waals surface area contributed by atoms with Gasteiger partial charge in [-0.3, -0.25) is 4.79 Å². The van der Waals surface area contributed by atoms with E-state index in [0.29, 0.717) is 12.8 Å². The summed E-state index contributed by atoms with van der Waals surface area (Å²) in [5, 5.41) is 18.4. The number of carbonyl (C=O) groups is 1. The van der Waals surface area contributed by atoms with Crippen LogP contribution in [0.1, 0.15) is 19.3 Å². The van der Waals surface area contributed by atoms with Crippen molar-refractivity contribution in [3.05, 3.63) is 0 Å². The monoisotopic (exact) mass is 218 g/mol. The fourth-order valence-corrected chi connectivity index (χ4v) is 1.81. The molecule has 15 heavy (non-hydrogen) atoms. The van der Waals surface area contributed by atoms with Crippen LogP contribution in [-0.2, 0) is 14.3 Å². The Morgan fingerprint density at radius 2 is 2.13 bits per heavy atom. The van der Waals surface area contributed by atoms with Crippen molar-refractivity contribution in [2.24, 2.45) is 0 Å². The highest BCUT2D eigenvalue weighted by molar-refractivity contribution is 5.80. The minimum absolute atomic E-state index is 0.0479. The van der Waals surface area contributed by atoms with Crippen molar-refractivity contribution < 1.29 is 24.5 Å². The average molecular weight is 218 g/mol. The lowest BCUT2D eigenvalue weighted by Crippen LogP contribution is -2.38. The lowest BCUT2D eigenvalue weighted by atomic mass is 9.98. The third-order valence-corrected chi connectivity index (χ3v) is 2.42. The Balaban J connectivity index is 2.37. The zero-order valence-electron chi connectivity index (χ0n) is 8.89. The van der Waals surface area contributed by atoms with Crippen LogP contribution in [0.2, 0.25) is 0 Å². The molecule has 0 radical (unpaired) electrons. The van der Waals surface area contributed by atoms with Gasteiger partial charge < -0.3 is 19.7 Å². The van der Waals surface area contributed by atoms with Gasteiger partial charge in [0.1, 0.15) is 6.61 Å². The highest BCUT2D eigenvalue weighted by Crippen LogP contribution is 2.21. The standard InChI is InChI=1S/C10H18O5/c1-14-6-8(13)4-9-2-7(12)3-10(5-11)15-9/h7,9-12H,2-6H2,1H3. The number of aliphatic hydroxyl groups is 2. The minimum atomic E-state index is -0.490. The van der Waals surface area contributed by atoms with Crippen LogP contribution in [0.3, 0.4) is 0 Å². The van der Waals surface area contributed by atoms with E-state index >= 15 is 0 Å². The summed E-state index contributed by atoms with van der Waals surface area (Å²) in [6, 6.07) is 0. The highest BCUT2D eigenvalue weighted by Gasteiger charge is 2.29. The number of methoxy groups -OCH3 is 1. The third kappa shape index (κ3) is 4.25. The van der Waals surface area contributed by atoms with Crippen molar-refractivity contribution in [3.8, 4) is 0 Å². The third-order valence-electron chi connectivity index (χ3n) is 2.42. The molecule has 0 bridgehead atoms. The first kappa shape index (κ1) is 12.6. The van der Waals surface area contributed by atoms with Gasteiger partial charge in [-0.25, -0.2) is 0 Å². The Morgan fingerprint density at radius 1 is 1.47 bits per heavy atom. The molecular formula is C10H18O5. The molecule has 5 nitrogen and oxygen atoms in total. The van der Waals surface area contributed by atoms with E-state index in [-0.39, 0.29) is 37.6 Å². The number of ketones is 1. The van der Waals surface area contributed by atoms with Crippen LogP contribution >= 0.6 is 0 Å². The topological polar surface area (TPSA) is 76.0 Å². The highest BCUT2D eigenvalue weighted by atomic mass is 16.5. The molecule has 0 aromatic carbocycles. The molecule has 88 valence electrons. The fourth-order valence-electron chi connectivity index (χ4n) is 1.81. The Bertz CT molecular complexity index is 206. The predicted molar refractivity (Wildman–Crippen MR) is 52.5 cm³/mol. The van der Waals surface area contributed by atoms with Crippen molar-refractivity contribution in [1.29, 1.82) is 0 Å². The molecule has 1 aliphatic rings. The number of Topliss-reactive ketones (excluding diaryl/α,β-unsaturated/α-hetero) is 1. The summed E-state index contributed by atoms with van der Waals surface area (Å²) in [5.41, 5.74) is 0. The minimum Gasteiger partial charge on any atom is -0.394 e. The van der Waals surface area contributed by atoms with Crippen LogP contribution in [-0.4, -0.2) is 54.6 Å². The second-order valence-electron chi connectivity index (χ2n) is 3.86. The number of carbonyl (C=O) groups excluding carboxylic acids is 1. The Labute approximate surface area is 89.0 Å². The van der Waals surface area contributed by atoms with E-state index in [9.17, 15) is 9.90 Å². The molecule has 5 heteroatoms. The fraction of sp³-hybridized carbons (Fsp3) is 0.900. The first-order valence-electron chi connectivity index (χ1n) is 5.10. The van der Waals surface area contributed by atoms with Crippen LogP contribution in [0.15, 0.2) is 0 Å². The summed E-state index contributed by atoms with van der Waals surface area (Å²) in [6.07, 6.45) is -0.0161. The van der Waals surface area contributed by atoms with Gasteiger partial charge >= 0.3 is 0 Å². The van der Waals surface area contributed by atoms with E-state index in [0.717, 1.165) is 0 Å². The smallest absolute Gasteiger partial charge is 0.161 e. The van der Waals surface area contributed by atoms with E-state index < -0.39 is 6.10 Å². The van der Waals surface area contributed by atoms with Crippen LogP contribution < -0.4 is 0 Å². The van der Waals surface area contributed by atoms with Gasteiger partial charge in [0.15, 0.2) is 5.78 Å². The molecule has 0 aliphatic carbocycles. The van der Waals surface area contributed by atoms with Gasteiger partial charge in [-0.05, 0) is 0 Å². The number of ether oxygens (including phenoxy) is 2. The molecule has 0 aromatic heterocycles. The van der Waals surface area contributed by atoms with Gasteiger partial charge in [0, 0.05) is 26.4 Å². The molecule has 0 amide bonds. The molecule has 3 unspecified atom stereocenters. The van der Waals surface area contributed by atoms with Gasteiger partial charge in [0.25, 0.3) is 0 Å². The molecule has 0 aromatic rings. The lowest BCUT2D eigenvalue weighted by Gasteiger charge is -2.31. The normalized spacial score (nSPS) is 31.5. The predicted octanol–water partition coefficient (Wildman–Crippen LogP) is -0.507. The maximum atomic E-state index is 11.3. The molecule has 1 heterocycles. The lowest BCUT2D eigenvalue weighted by molar-refractivity contribution is -0.137. The Morgan fingerprint density at radius 3 is 2.73 bits per heavy atom. The molecule has 2 N–H and O–H groups in total. The van der Waals surface area contributed by atoms with E-state index in [4.69, 9.17) is 14.6 Å². The molecule has 3 atom stereocenters. The maximum absolute atomic E-state index is 11.3. The summed E-state index contributed by atoms with van der Waals surface area (Å²) in [4.78, 5) is 11.3.